The van der Waals surface area contributed by atoms with Crippen molar-refractivity contribution < 1.29 is 13.9 Å². The average molecular weight is 424 g/mol. The first-order chi connectivity index (χ1) is 14.7. The van der Waals surface area contributed by atoms with E-state index in [0.29, 0.717) is 17.7 Å². The summed E-state index contributed by atoms with van der Waals surface area (Å²) in [6.45, 7) is 4.18. The van der Waals surface area contributed by atoms with Crippen molar-refractivity contribution in [3.8, 4) is 17.2 Å². The standard InChI is InChI=1S/C23H25N3O3S/c1-2-28-19-13-11-18(12-14-19)21-24-25-23(29-21)30-20(17-9-5-3-6-10-17)22(27)26-15-7-4-8-16-26/h3,5-6,9-14,20H,2,4,7-8,15-16H2,1H3/t20-/m1/s1. The molecule has 1 aliphatic heterocycles. The lowest BCUT2D eigenvalue weighted by molar-refractivity contribution is -0.131. The zero-order valence-electron chi connectivity index (χ0n) is 17.0. The molecule has 0 saturated carbocycles. The molecule has 7 heteroatoms. The number of thioether (sulfide) groups is 1. The zero-order valence-corrected chi connectivity index (χ0v) is 17.8. The van der Waals surface area contributed by atoms with Crippen LogP contribution in [0.25, 0.3) is 11.5 Å². The molecule has 0 N–H and O–H groups in total. The van der Waals surface area contributed by atoms with E-state index in [1.165, 1.54) is 18.2 Å². The van der Waals surface area contributed by atoms with Gasteiger partial charge in [0.25, 0.3) is 5.22 Å². The molecule has 3 aromatic rings. The van der Waals surface area contributed by atoms with Gasteiger partial charge in [-0.15, -0.1) is 10.2 Å². The molecule has 30 heavy (non-hydrogen) atoms. The van der Waals surface area contributed by atoms with Crippen LogP contribution >= 0.6 is 11.8 Å². The summed E-state index contributed by atoms with van der Waals surface area (Å²) in [5.41, 5.74) is 1.76. The maximum absolute atomic E-state index is 13.3. The minimum Gasteiger partial charge on any atom is -0.494 e. The first-order valence-electron chi connectivity index (χ1n) is 10.3. The van der Waals surface area contributed by atoms with Gasteiger partial charge in [-0.1, -0.05) is 30.3 Å². The fraction of sp³-hybridized carbons (Fsp3) is 0.348. The van der Waals surface area contributed by atoms with Crippen LogP contribution in [0.4, 0.5) is 0 Å². The normalized spacial score (nSPS) is 15.0. The summed E-state index contributed by atoms with van der Waals surface area (Å²) in [4.78, 5) is 15.2. The Bertz CT molecular complexity index is 953. The maximum Gasteiger partial charge on any atom is 0.277 e. The van der Waals surface area contributed by atoms with E-state index < -0.39 is 5.25 Å². The van der Waals surface area contributed by atoms with Gasteiger partial charge in [-0.3, -0.25) is 4.79 Å². The van der Waals surface area contributed by atoms with Crippen LogP contribution in [-0.4, -0.2) is 40.7 Å². The SMILES string of the molecule is CCOc1ccc(-c2nnc(S[C@@H](C(=O)N3CCCCC3)c3ccccc3)o2)cc1. The first-order valence-corrected chi connectivity index (χ1v) is 11.2. The van der Waals surface area contributed by atoms with Gasteiger partial charge in [-0.25, -0.2) is 0 Å². The third kappa shape index (κ3) is 4.84. The number of hydrogen-bond donors (Lipinski definition) is 0. The lowest BCUT2D eigenvalue weighted by Crippen LogP contribution is -2.38. The van der Waals surface area contributed by atoms with Gasteiger partial charge in [0, 0.05) is 18.7 Å². The molecule has 156 valence electrons. The van der Waals surface area contributed by atoms with E-state index in [4.69, 9.17) is 9.15 Å². The predicted molar refractivity (Wildman–Crippen MR) is 116 cm³/mol. The first kappa shape index (κ1) is 20.5. The van der Waals surface area contributed by atoms with Gasteiger partial charge in [0.15, 0.2) is 0 Å². The van der Waals surface area contributed by atoms with Crippen molar-refractivity contribution in [2.45, 2.75) is 36.7 Å². The number of carbonyl (C=O) groups excluding carboxylic acids is 1. The van der Waals surface area contributed by atoms with E-state index >= 15 is 0 Å². The van der Waals surface area contributed by atoms with Gasteiger partial charge in [-0.2, -0.15) is 0 Å². The van der Waals surface area contributed by atoms with Crippen molar-refractivity contribution in [2.24, 2.45) is 0 Å². The maximum atomic E-state index is 13.3. The molecule has 6 nitrogen and oxygen atoms in total. The van der Waals surface area contributed by atoms with E-state index in [2.05, 4.69) is 10.2 Å². The fourth-order valence-corrected chi connectivity index (χ4v) is 4.46. The number of aromatic nitrogens is 2. The molecular formula is C23H25N3O3S. The Kier molecular flexibility index (Phi) is 6.69. The molecule has 1 aromatic heterocycles. The Morgan fingerprint density at radius 3 is 2.50 bits per heavy atom. The molecule has 0 radical (unpaired) electrons. The smallest absolute Gasteiger partial charge is 0.277 e. The van der Waals surface area contributed by atoms with Crippen molar-refractivity contribution >= 4 is 17.7 Å². The van der Waals surface area contributed by atoms with Gasteiger partial charge in [-0.05, 0) is 67.8 Å². The second-order valence-corrected chi connectivity index (χ2v) is 8.18. The molecule has 2 aromatic carbocycles. The van der Waals surface area contributed by atoms with Crippen molar-refractivity contribution in [3.05, 3.63) is 60.2 Å². The molecule has 1 atom stereocenters. The van der Waals surface area contributed by atoms with Crippen molar-refractivity contribution in [3.63, 3.8) is 0 Å². The minimum atomic E-state index is -0.405. The van der Waals surface area contributed by atoms with Gasteiger partial charge in [0.2, 0.25) is 11.8 Å². The number of hydrogen-bond acceptors (Lipinski definition) is 6. The Morgan fingerprint density at radius 1 is 1.07 bits per heavy atom. The highest BCUT2D eigenvalue weighted by molar-refractivity contribution is 8.00. The Balaban J connectivity index is 1.54. The molecule has 4 rings (SSSR count). The summed E-state index contributed by atoms with van der Waals surface area (Å²) >= 11 is 1.31. The van der Waals surface area contributed by atoms with Crippen LogP contribution in [0.3, 0.4) is 0 Å². The van der Waals surface area contributed by atoms with Crippen molar-refractivity contribution in [1.82, 2.24) is 15.1 Å². The minimum absolute atomic E-state index is 0.103. The zero-order chi connectivity index (χ0) is 20.8. The molecule has 1 saturated heterocycles. The average Bonchev–Trinajstić information content (AvgIpc) is 3.28. The second kappa shape index (κ2) is 9.80. The van der Waals surface area contributed by atoms with Gasteiger partial charge >= 0.3 is 0 Å². The number of carbonyl (C=O) groups is 1. The van der Waals surface area contributed by atoms with E-state index in [-0.39, 0.29) is 5.91 Å². The third-order valence-electron chi connectivity index (χ3n) is 5.03. The van der Waals surface area contributed by atoms with Gasteiger partial charge in [0.05, 0.1) is 6.61 Å². The third-order valence-corrected chi connectivity index (χ3v) is 6.11. The van der Waals surface area contributed by atoms with E-state index in [1.54, 1.807) is 0 Å². The molecular weight excluding hydrogens is 398 g/mol. The molecule has 0 spiro atoms. The summed E-state index contributed by atoms with van der Waals surface area (Å²) < 4.78 is 11.4. The Hall–Kier alpha value is -2.80. The van der Waals surface area contributed by atoms with Crippen LogP contribution in [0.1, 0.15) is 37.0 Å². The van der Waals surface area contributed by atoms with Crippen LogP contribution < -0.4 is 4.74 Å². The number of piperidine rings is 1. The van der Waals surface area contributed by atoms with Crippen LogP contribution in [0.2, 0.25) is 0 Å². The number of rotatable bonds is 7. The topological polar surface area (TPSA) is 68.5 Å². The second-order valence-electron chi connectivity index (χ2n) is 7.13. The Labute approximate surface area is 180 Å². The lowest BCUT2D eigenvalue weighted by atomic mass is 10.1. The molecule has 2 heterocycles. The van der Waals surface area contributed by atoms with Crippen LogP contribution in [0, 0.1) is 0 Å². The highest BCUT2D eigenvalue weighted by Gasteiger charge is 2.29. The quantitative estimate of drug-likeness (QED) is 0.499. The van der Waals surface area contributed by atoms with Gasteiger partial charge < -0.3 is 14.1 Å². The van der Waals surface area contributed by atoms with Crippen molar-refractivity contribution in [1.29, 1.82) is 0 Å². The fourth-order valence-electron chi connectivity index (χ4n) is 3.50. The number of ether oxygens (including phenoxy) is 1. The highest BCUT2D eigenvalue weighted by Crippen LogP contribution is 2.37. The molecule has 0 aliphatic carbocycles. The number of amides is 1. The molecule has 1 aliphatic rings. The van der Waals surface area contributed by atoms with E-state index in [9.17, 15) is 4.79 Å². The van der Waals surface area contributed by atoms with Crippen LogP contribution in [-0.2, 0) is 4.79 Å². The Morgan fingerprint density at radius 2 is 1.80 bits per heavy atom. The number of benzene rings is 2. The summed E-state index contributed by atoms with van der Waals surface area (Å²) in [6.07, 6.45) is 3.29. The summed E-state index contributed by atoms with van der Waals surface area (Å²) in [7, 11) is 0. The van der Waals surface area contributed by atoms with Crippen LogP contribution in [0.15, 0.2) is 64.2 Å². The molecule has 1 fully saturated rings. The van der Waals surface area contributed by atoms with Crippen LogP contribution in [0.5, 0.6) is 5.75 Å². The number of likely N-dealkylation sites (tertiary alicyclic amines) is 1. The van der Waals surface area contributed by atoms with Crippen molar-refractivity contribution in [2.75, 3.05) is 19.7 Å². The number of nitrogens with zero attached hydrogens (tertiary/aromatic N) is 3. The monoisotopic (exact) mass is 423 g/mol. The summed E-state index contributed by atoms with van der Waals surface area (Å²) in [6, 6.07) is 17.3. The lowest BCUT2D eigenvalue weighted by Gasteiger charge is -2.29. The van der Waals surface area contributed by atoms with E-state index in [0.717, 1.165) is 42.8 Å². The molecule has 0 unspecified atom stereocenters. The summed E-state index contributed by atoms with van der Waals surface area (Å²) in [5, 5.41) is 8.35. The van der Waals surface area contributed by atoms with Gasteiger partial charge in [0.1, 0.15) is 11.0 Å². The summed E-state index contributed by atoms with van der Waals surface area (Å²) in [5.74, 6) is 1.33. The predicted octanol–water partition coefficient (Wildman–Crippen LogP) is 4.98. The van der Waals surface area contributed by atoms with E-state index in [1.807, 2.05) is 66.4 Å². The highest BCUT2D eigenvalue weighted by atomic mass is 32.2. The largest absolute Gasteiger partial charge is 0.494 e. The molecule has 0 bridgehead atoms. The molecule has 1 amide bonds.